The van der Waals surface area contributed by atoms with Gasteiger partial charge in [-0.25, -0.2) is 4.98 Å². The van der Waals surface area contributed by atoms with Crippen molar-refractivity contribution in [2.24, 2.45) is 0 Å². The van der Waals surface area contributed by atoms with Crippen molar-refractivity contribution in [3.8, 4) is 0 Å². The zero-order valence-electron chi connectivity index (χ0n) is 9.04. The first kappa shape index (κ1) is 11.4. The van der Waals surface area contributed by atoms with Gasteiger partial charge in [0.1, 0.15) is 5.15 Å². The summed E-state index contributed by atoms with van der Waals surface area (Å²) < 4.78 is 1.86. The molecule has 0 N–H and O–H groups in total. The van der Waals surface area contributed by atoms with E-state index in [4.69, 9.17) is 23.2 Å². The molecule has 3 nitrogen and oxygen atoms in total. The first-order chi connectivity index (χ1) is 7.56. The molecule has 2 rings (SSSR count). The Morgan fingerprint density at radius 1 is 1.25 bits per heavy atom. The molecule has 2 heterocycles. The molecule has 0 radical (unpaired) electrons. The van der Waals surface area contributed by atoms with Crippen LogP contribution in [0.3, 0.4) is 0 Å². The molecule has 5 heteroatoms. The smallest absolute Gasteiger partial charge is 0.129 e. The molecule has 0 saturated heterocycles. The van der Waals surface area contributed by atoms with Gasteiger partial charge >= 0.3 is 0 Å². The first-order valence-electron chi connectivity index (χ1n) is 4.88. The molecule has 0 fully saturated rings. The maximum absolute atomic E-state index is 6.04. The molecule has 2 aromatic heterocycles. The number of hydrogen-bond donors (Lipinski definition) is 0. The maximum Gasteiger partial charge on any atom is 0.129 e. The van der Waals surface area contributed by atoms with Gasteiger partial charge in [0.15, 0.2) is 0 Å². The second kappa shape index (κ2) is 4.44. The lowest BCUT2D eigenvalue weighted by Crippen LogP contribution is -2.06. The van der Waals surface area contributed by atoms with Gasteiger partial charge < -0.3 is 0 Å². The summed E-state index contributed by atoms with van der Waals surface area (Å²) in [5.74, 6) is 0. The highest BCUT2D eigenvalue weighted by Crippen LogP contribution is 2.18. The van der Waals surface area contributed by atoms with Crippen molar-refractivity contribution >= 4 is 23.2 Å². The Labute approximate surface area is 104 Å². The van der Waals surface area contributed by atoms with Crippen molar-refractivity contribution in [1.82, 2.24) is 14.8 Å². The summed E-state index contributed by atoms with van der Waals surface area (Å²) in [4.78, 5) is 4.19. The lowest BCUT2D eigenvalue weighted by molar-refractivity contribution is 0.647. The number of aryl methyl sites for hydroxylation is 2. The van der Waals surface area contributed by atoms with Gasteiger partial charge in [0.05, 0.1) is 23.0 Å². The van der Waals surface area contributed by atoms with E-state index in [1.54, 1.807) is 12.1 Å². The average Bonchev–Trinajstić information content (AvgIpc) is 2.51. The molecule has 0 aliphatic rings. The SMILES string of the molecule is Cc1cc(C)n(Cc2nc(Cl)ccc2Cl)n1. The third kappa shape index (κ3) is 2.36. The van der Waals surface area contributed by atoms with Gasteiger partial charge in [0, 0.05) is 5.69 Å². The highest BCUT2D eigenvalue weighted by Gasteiger charge is 2.07. The Morgan fingerprint density at radius 3 is 2.62 bits per heavy atom. The summed E-state index contributed by atoms with van der Waals surface area (Å²) in [6.45, 7) is 4.49. The van der Waals surface area contributed by atoms with Crippen LogP contribution in [0.15, 0.2) is 18.2 Å². The lowest BCUT2D eigenvalue weighted by Gasteiger charge is -2.06. The van der Waals surface area contributed by atoms with Gasteiger partial charge in [-0.1, -0.05) is 23.2 Å². The second-order valence-corrected chi connectivity index (χ2v) is 4.44. The van der Waals surface area contributed by atoms with Crippen molar-refractivity contribution in [2.45, 2.75) is 20.4 Å². The summed E-state index contributed by atoms with van der Waals surface area (Å²) in [6, 6.07) is 5.44. The summed E-state index contributed by atoms with van der Waals surface area (Å²) in [5, 5.41) is 5.40. The molecule has 0 aliphatic heterocycles. The molecule has 16 heavy (non-hydrogen) atoms. The van der Waals surface area contributed by atoms with Gasteiger partial charge in [0.25, 0.3) is 0 Å². The van der Waals surface area contributed by atoms with Crippen LogP contribution in [-0.2, 0) is 6.54 Å². The number of rotatable bonds is 2. The topological polar surface area (TPSA) is 30.7 Å². The third-order valence-electron chi connectivity index (χ3n) is 2.29. The summed E-state index contributed by atoms with van der Waals surface area (Å²) in [6.07, 6.45) is 0. The van der Waals surface area contributed by atoms with Crippen LogP contribution in [0.1, 0.15) is 17.1 Å². The number of halogens is 2. The number of aromatic nitrogens is 3. The van der Waals surface area contributed by atoms with Crippen molar-refractivity contribution < 1.29 is 0 Å². The fraction of sp³-hybridized carbons (Fsp3) is 0.273. The van der Waals surface area contributed by atoms with E-state index < -0.39 is 0 Å². The summed E-state index contributed by atoms with van der Waals surface area (Å²) in [5.41, 5.74) is 2.80. The molecule has 0 aromatic carbocycles. The number of pyridine rings is 1. The molecule has 84 valence electrons. The quantitative estimate of drug-likeness (QED) is 0.772. The molecule has 2 aromatic rings. The average molecular weight is 256 g/mol. The van der Waals surface area contributed by atoms with E-state index >= 15 is 0 Å². The van der Waals surface area contributed by atoms with Gasteiger partial charge in [-0.2, -0.15) is 5.10 Å². The summed E-state index contributed by atoms with van der Waals surface area (Å²) in [7, 11) is 0. The van der Waals surface area contributed by atoms with Gasteiger partial charge in [0.2, 0.25) is 0 Å². The van der Waals surface area contributed by atoms with Crippen molar-refractivity contribution in [3.05, 3.63) is 45.5 Å². The maximum atomic E-state index is 6.04. The van der Waals surface area contributed by atoms with E-state index in [1.165, 1.54) is 0 Å². The van der Waals surface area contributed by atoms with Crippen LogP contribution in [0.25, 0.3) is 0 Å². The number of hydrogen-bond acceptors (Lipinski definition) is 2. The van der Waals surface area contributed by atoms with Gasteiger partial charge in [-0.3, -0.25) is 4.68 Å². The fourth-order valence-electron chi connectivity index (χ4n) is 1.55. The van der Waals surface area contributed by atoms with Crippen molar-refractivity contribution in [1.29, 1.82) is 0 Å². The summed E-state index contributed by atoms with van der Waals surface area (Å²) >= 11 is 11.9. The minimum Gasteiger partial charge on any atom is -0.264 e. The fourth-order valence-corrected chi connectivity index (χ4v) is 1.88. The molecular weight excluding hydrogens is 245 g/mol. The second-order valence-electron chi connectivity index (χ2n) is 3.65. The molecule has 0 saturated carbocycles. The van der Waals surface area contributed by atoms with Crippen LogP contribution >= 0.6 is 23.2 Å². The monoisotopic (exact) mass is 255 g/mol. The Hall–Kier alpha value is -1.06. The Kier molecular flexibility index (Phi) is 3.17. The number of nitrogens with zero attached hydrogens (tertiary/aromatic N) is 3. The van der Waals surface area contributed by atoms with E-state index in [0.29, 0.717) is 16.7 Å². The third-order valence-corrected chi connectivity index (χ3v) is 2.84. The van der Waals surface area contributed by atoms with Crippen molar-refractivity contribution in [2.75, 3.05) is 0 Å². The highest BCUT2D eigenvalue weighted by molar-refractivity contribution is 6.32. The van der Waals surface area contributed by atoms with Crippen LogP contribution in [0.2, 0.25) is 10.2 Å². The van der Waals surface area contributed by atoms with E-state index in [9.17, 15) is 0 Å². The van der Waals surface area contributed by atoms with Crippen LogP contribution < -0.4 is 0 Å². The molecule has 0 bridgehead atoms. The Balaban J connectivity index is 2.33. The van der Waals surface area contributed by atoms with E-state index in [2.05, 4.69) is 10.1 Å². The Morgan fingerprint density at radius 2 is 2.00 bits per heavy atom. The van der Waals surface area contributed by atoms with E-state index in [-0.39, 0.29) is 0 Å². The molecule has 0 amide bonds. The predicted molar refractivity (Wildman–Crippen MR) is 65.1 cm³/mol. The minimum absolute atomic E-state index is 0.445. The van der Waals surface area contributed by atoms with Crippen molar-refractivity contribution in [3.63, 3.8) is 0 Å². The molecular formula is C11H11Cl2N3. The standard InChI is InChI=1S/C11H11Cl2N3/c1-7-5-8(2)16(15-7)6-10-9(12)3-4-11(13)14-10/h3-5H,6H2,1-2H3. The predicted octanol–water partition coefficient (Wildman–Crippen LogP) is 3.25. The first-order valence-corrected chi connectivity index (χ1v) is 5.64. The van der Waals surface area contributed by atoms with E-state index in [0.717, 1.165) is 17.1 Å². The van der Waals surface area contributed by atoms with Crippen LogP contribution in [0, 0.1) is 13.8 Å². The Bertz CT molecular complexity index is 520. The largest absolute Gasteiger partial charge is 0.264 e. The molecule has 0 atom stereocenters. The van der Waals surface area contributed by atoms with Crippen LogP contribution in [-0.4, -0.2) is 14.8 Å². The molecule has 0 aliphatic carbocycles. The lowest BCUT2D eigenvalue weighted by atomic mass is 10.3. The van der Waals surface area contributed by atoms with Gasteiger partial charge in [-0.15, -0.1) is 0 Å². The molecule has 0 unspecified atom stereocenters. The van der Waals surface area contributed by atoms with Crippen LogP contribution in [0.4, 0.5) is 0 Å². The van der Waals surface area contributed by atoms with Gasteiger partial charge in [-0.05, 0) is 32.0 Å². The highest BCUT2D eigenvalue weighted by atomic mass is 35.5. The molecule has 0 spiro atoms. The minimum atomic E-state index is 0.445. The van der Waals surface area contributed by atoms with E-state index in [1.807, 2.05) is 24.6 Å². The normalized spacial score (nSPS) is 10.8. The zero-order chi connectivity index (χ0) is 11.7. The zero-order valence-corrected chi connectivity index (χ0v) is 10.5. The van der Waals surface area contributed by atoms with Crippen LogP contribution in [0.5, 0.6) is 0 Å².